The van der Waals surface area contributed by atoms with Crippen molar-refractivity contribution in [3.8, 4) is 6.07 Å². The number of hydrogen-bond donors (Lipinski definition) is 1. The molecule has 3 heteroatoms. The molecule has 0 aliphatic heterocycles. The summed E-state index contributed by atoms with van der Waals surface area (Å²) in [5.41, 5.74) is 1.69. The lowest BCUT2D eigenvalue weighted by Crippen LogP contribution is -2.25. The highest BCUT2D eigenvalue weighted by molar-refractivity contribution is 9.10. The van der Waals surface area contributed by atoms with E-state index in [0.717, 1.165) is 21.6 Å². The van der Waals surface area contributed by atoms with Gasteiger partial charge >= 0.3 is 0 Å². The molecule has 0 amide bonds. The molecule has 0 spiro atoms. The quantitative estimate of drug-likeness (QED) is 0.882. The first-order chi connectivity index (χ1) is 8.19. The number of nitrogens with zero attached hydrogens (tertiary/aromatic N) is 1. The lowest BCUT2D eigenvalue weighted by atomic mass is 9.87. The van der Waals surface area contributed by atoms with Crippen LogP contribution in [0.1, 0.15) is 38.2 Å². The van der Waals surface area contributed by atoms with E-state index in [2.05, 4.69) is 34.2 Å². The van der Waals surface area contributed by atoms with E-state index >= 15 is 0 Å². The van der Waals surface area contributed by atoms with Crippen molar-refractivity contribution in [1.82, 2.24) is 0 Å². The maximum absolute atomic E-state index is 9.08. The summed E-state index contributed by atoms with van der Waals surface area (Å²) >= 11 is 3.45. The molecule has 0 bridgehead atoms. The molecule has 2 rings (SSSR count). The molecule has 1 saturated carbocycles. The summed E-state index contributed by atoms with van der Waals surface area (Å²) in [6.45, 7) is 2.32. The van der Waals surface area contributed by atoms with Gasteiger partial charge in [0, 0.05) is 10.5 Å². The average molecular weight is 293 g/mol. The normalized spacial score (nSPS) is 24.1. The summed E-state index contributed by atoms with van der Waals surface area (Å²) in [6.07, 6.45) is 4.98. The van der Waals surface area contributed by atoms with Crippen molar-refractivity contribution in [3.63, 3.8) is 0 Å². The largest absolute Gasteiger partial charge is 0.381 e. The van der Waals surface area contributed by atoms with Gasteiger partial charge in [-0.15, -0.1) is 0 Å². The minimum Gasteiger partial charge on any atom is -0.381 e. The molecule has 1 aromatic carbocycles. The molecule has 1 fully saturated rings. The van der Waals surface area contributed by atoms with Crippen LogP contribution in [-0.4, -0.2) is 6.04 Å². The molecule has 0 heterocycles. The third-order valence-corrected chi connectivity index (χ3v) is 3.97. The lowest BCUT2D eigenvalue weighted by molar-refractivity contribution is 0.361. The zero-order valence-electron chi connectivity index (χ0n) is 10.0. The van der Waals surface area contributed by atoms with Crippen LogP contribution in [-0.2, 0) is 0 Å². The number of nitriles is 1. The predicted molar refractivity (Wildman–Crippen MR) is 73.9 cm³/mol. The molecule has 0 unspecified atom stereocenters. The van der Waals surface area contributed by atoms with E-state index in [4.69, 9.17) is 5.26 Å². The Kier molecular flexibility index (Phi) is 4.06. The number of halogens is 1. The van der Waals surface area contributed by atoms with Gasteiger partial charge in [0.1, 0.15) is 6.07 Å². The van der Waals surface area contributed by atoms with Crippen LogP contribution >= 0.6 is 15.9 Å². The number of rotatable bonds is 2. The predicted octanol–water partition coefficient (Wildman–Crippen LogP) is 4.31. The highest BCUT2D eigenvalue weighted by atomic mass is 79.9. The van der Waals surface area contributed by atoms with Gasteiger partial charge in [-0.25, -0.2) is 0 Å². The third kappa shape index (κ3) is 3.23. The third-order valence-electron chi connectivity index (χ3n) is 3.48. The number of hydrogen-bond acceptors (Lipinski definition) is 2. The zero-order valence-corrected chi connectivity index (χ0v) is 11.6. The SMILES string of the molecule is CC1CCC(Nc2cc(Br)ccc2C#N)CC1. The summed E-state index contributed by atoms with van der Waals surface area (Å²) in [5.74, 6) is 0.853. The second-order valence-electron chi connectivity index (χ2n) is 4.90. The van der Waals surface area contributed by atoms with Gasteiger partial charge in [0.25, 0.3) is 0 Å². The first-order valence-corrected chi connectivity index (χ1v) is 6.94. The molecular formula is C14H17BrN2. The van der Waals surface area contributed by atoms with Crippen molar-refractivity contribution in [2.45, 2.75) is 38.6 Å². The van der Waals surface area contributed by atoms with E-state index in [-0.39, 0.29) is 0 Å². The van der Waals surface area contributed by atoms with Crippen LogP contribution in [0.25, 0.3) is 0 Å². The van der Waals surface area contributed by atoms with Gasteiger partial charge in [0.05, 0.1) is 11.3 Å². The molecule has 0 saturated heterocycles. The van der Waals surface area contributed by atoms with E-state index in [9.17, 15) is 0 Å². The van der Waals surface area contributed by atoms with Gasteiger partial charge in [-0.1, -0.05) is 22.9 Å². The smallest absolute Gasteiger partial charge is 0.101 e. The molecule has 2 nitrogen and oxygen atoms in total. The summed E-state index contributed by atoms with van der Waals surface area (Å²) in [6, 6.07) is 8.52. The highest BCUT2D eigenvalue weighted by Gasteiger charge is 2.18. The van der Waals surface area contributed by atoms with Gasteiger partial charge in [0.15, 0.2) is 0 Å². The van der Waals surface area contributed by atoms with Crippen molar-refractivity contribution in [3.05, 3.63) is 28.2 Å². The van der Waals surface area contributed by atoms with E-state index in [0.29, 0.717) is 6.04 Å². The Morgan fingerprint density at radius 1 is 1.29 bits per heavy atom. The number of nitrogens with one attached hydrogen (secondary N) is 1. The lowest BCUT2D eigenvalue weighted by Gasteiger charge is -2.28. The summed E-state index contributed by atoms with van der Waals surface area (Å²) in [5, 5.41) is 12.6. The molecule has 0 radical (unpaired) electrons. The van der Waals surface area contributed by atoms with Crippen LogP contribution in [0.4, 0.5) is 5.69 Å². The fourth-order valence-corrected chi connectivity index (χ4v) is 2.72. The maximum atomic E-state index is 9.08. The zero-order chi connectivity index (χ0) is 12.3. The minimum absolute atomic E-state index is 0.521. The van der Waals surface area contributed by atoms with E-state index in [1.165, 1.54) is 25.7 Å². The van der Waals surface area contributed by atoms with Gasteiger partial charge in [-0.2, -0.15) is 5.26 Å². The van der Waals surface area contributed by atoms with Crippen LogP contribution in [0.3, 0.4) is 0 Å². The molecule has 17 heavy (non-hydrogen) atoms. The standard InChI is InChI=1S/C14H17BrN2/c1-10-2-6-13(7-3-10)17-14-8-12(15)5-4-11(14)9-16/h4-5,8,10,13,17H,2-3,6-7H2,1H3. The Morgan fingerprint density at radius 2 is 2.00 bits per heavy atom. The molecule has 1 aliphatic rings. The molecule has 0 aromatic heterocycles. The van der Waals surface area contributed by atoms with Crippen LogP contribution in [0.15, 0.2) is 22.7 Å². The second-order valence-corrected chi connectivity index (χ2v) is 5.82. The molecule has 1 aromatic rings. The van der Waals surface area contributed by atoms with Crippen molar-refractivity contribution >= 4 is 21.6 Å². The van der Waals surface area contributed by atoms with Crippen LogP contribution in [0.5, 0.6) is 0 Å². The number of benzene rings is 1. The fraction of sp³-hybridized carbons (Fsp3) is 0.500. The van der Waals surface area contributed by atoms with Gasteiger partial charge in [-0.05, 0) is 49.8 Å². The Morgan fingerprint density at radius 3 is 2.65 bits per heavy atom. The Bertz CT molecular complexity index is 428. The monoisotopic (exact) mass is 292 g/mol. The van der Waals surface area contributed by atoms with Crippen molar-refractivity contribution in [2.24, 2.45) is 5.92 Å². The first kappa shape index (κ1) is 12.4. The Hall–Kier alpha value is -1.01. The van der Waals surface area contributed by atoms with Gasteiger partial charge in [0.2, 0.25) is 0 Å². The molecule has 1 aliphatic carbocycles. The fourth-order valence-electron chi connectivity index (χ4n) is 2.36. The van der Waals surface area contributed by atoms with Crippen LogP contribution < -0.4 is 5.32 Å². The molecule has 0 atom stereocenters. The second kappa shape index (κ2) is 5.55. The van der Waals surface area contributed by atoms with Crippen molar-refractivity contribution in [2.75, 3.05) is 5.32 Å². The molecule has 1 N–H and O–H groups in total. The highest BCUT2D eigenvalue weighted by Crippen LogP contribution is 2.28. The van der Waals surface area contributed by atoms with Gasteiger partial charge < -0.3 is 5.32 Å². The maximum Gasteiger partial charge on any atom is 0.101 e. The molecule has 90 valence electrons. The summed E-state index contributed by atoms with van der Waals surface area (Å²) in [7, 11) is 0. The van der Waals surface area contributed by atoms with Crippen LogP contribution in [0.2, 0.25) is 0 Å². The minimum atomic E-state index is 0.521. The first-order valence-electron chi connectivity index (χ1n) is 6.15. The van der Waals surface area contributed by atoms with Gasteiger partial charge in [-0.3, -0.25) is 0 Å². The average Bonchev–Trinajstić information content (AvgIpc) is 2.32. The summed E-state index contributed by atoms with van der Waals surface area (Å²) < 4.78 is 1.02. The topological polar surface area (TPSA) is 35.8 Å². The number of anilines is 1. The van der Waals surface area contributed by atoms with Crippen molar-refractivity contribution < 1.29 is 0 Å². The Balaban J connectivity index is 2.08. The summed E-state index contributed by atoms with van der Waals surface area (Å²) in [4.78, 5) is 0. The van der Waals surface area contributed by atoms with Crippen LogP contribution in [0, 0.1) is 17.2 Å². The molecular weight excluding hydrogens is 276 g/mol. The van der Waals surface area contributed by atoms with E-state index < -0.39 is 0 Å². The van der Waals surface area contributed by atoms with E-state index in [1.807, 2.05) is 18.2 Å². The Labute approximate surface area is 111 Å². The van der Waals surface area contributed by atoms with Crippen molar-refractivity contribution in [1.29, 1.82) is 5.26 Å². The van der Waals surface area contributed by atoms with E-state index in [1.54, 1.807) is 0 Å².